The van der Waals surface area contributed by atoms with Crippen LogP contribution in [0.5, 0.6) is 17.4 Å². The average molecular weight is 642 g/mol. The fourth-order valence-corrected chi connectivity index (χ4v) is 4.31. The SMILES string of the molecule is CN(C)c1ccc(O)c2nc(Oc3[c-]c4c(cc3)c3ccccc3n4-c3cnccn3)ccc12.[Pt]. The zero-order valence-electron chi connectivity index (χ0n) is 18.9. The van der Waals surface area contributed by atoms with Crippen LogP contribution in [-0.2, 0) is 21.1 Å². The van der Waals surface area contributed by atoms with Gasteiger partial charge in [-0.25, -0.2) is 9.97 Å². The van der Waals surface area contributed by atoms with E-state index < -0.39 is 0 Å². The summed E-state index contributed by atoms with van der Waals surface area (Å²) in [4.78, 5) is 15.3. The van der Waals surface area contributed by atoms with Gasteiger partial charge in [-0.3, -0.25) is 4.98 Å². The van der Waals surface area contributed by atoms with E-state index in [-0.39, 0.29) is 26.8 Å². The molecule has 0 saturated carbocycles. The van der Waals surface area contributed by atoms with Gasteiger partial charge >= 0.3 is 0 Å². The number of hydrogen-bond acceptors (Lipinski definition) is 6. The quantitative estimate of drug-likeness (QED) is 0.257. The van der Waals surface area contributed by atoms with Gasteiger partial charge < -0.3 is 19.3 Å². The van der Waals surface area contributed by atoms with Gasteiger partial charge in [0.15, 0.2) is 5.82 Å². The van der Waals surface area contributed by atoms with Crippen LogP contribution in [-0.4, -0.2) is 38.7 Å². The number of phenolic OH excluding ortho intramolecular Hbond substituents is 1. The molecule has 0 bridgehead atoms. The van der Waals surface area contributed by atoms with Crippen LogP contribution < -0.4 is 9.64 Å². The van der Waals surface area contributed by atoms with Crippen LogP contribution in [0.2, 0.25) is 0 Å². The summed E-state index contributed by atoms with van der Waals surface area (Å²) in [5, 5.41) is 13.4. The molecule has 3 aromatic heterocycles. The van der Waals surface area contributed by atoms with Crippen molar-refractivity contribution < 1.29 is 30.9 Å². The maximum atomic E-state index is 10.4. The summed E-state index contributed by atoms with van der Waals surface area (Å²) in [5.41, 5.74) is 3.29. The molecular weight excluding hydrogens is 621 g/mol. The first-order chi connectivity index (χ1) is 16.6. The first kappa shape index (κ1) is 22.8. The van der Waals surface area contributed by atoms with E-state index in [2.05, 4.69) is 27.1 Å². The van der Waals surface area contributed by atoms with Gasteiger partial charge in [-0.05, 0) is 29.7 Å². The second-order valence-corrected chi connectivity index (χ2v) is 8.15. The third kappa shape index (κ3) is 3.88. The van der Waals surface area contributed by atoms with Crippen molar-refractivity contribution >= 4 is 38.4 Å². The standard InChI is InChI=1S/C27H20N5O2.Pt/c1-31(2)21-10-11-24(33)27-20(21)9-12-26(30-27)34-17-7-8-19-18-5-3-4-6-22(18)32(23(19)15-17)25-16-28-13-14-29-25;/h3-14,16,33H,1-2H3;/q-1;. The smallest absolute Gasteiger partial charge is 0.217 e. The minimum Gasteiger partial charge on any atom is -0.506 e. The van der Waals surface area contributed by atoms with Gasteiger partial charge in [0.2, 0.25) is 5.88 Å². The number of rotatable bonds is 4. The topological polar surface area (TPSA) is 76.3 Å². The van der Waals surface area contributed by atoms with Crippen molar-refractivity contribution in [2.75, 3.05) is 19.0 Å². The van der Waals surface area contributed by atoms with Gasteiger partial charge in [0.25, 0.3) is 0 Å². The van der Waals surface area contributed by atoms with Crippen LogP contribution in [0, 0.1) is 6.07 Å². The van der Waals surface area contributed by atoms with Gasteiger partial charge in [-0.15, -0.1) is 17.5 Å². The molecule has 0 amide bonds. The van der Waals surface area contributed by atoms with Crippen molar-refractivity contribution in [1.29, 1.82) is 0 Å². The summed E-state index contributed by atoms with van der Waals surface area (Å²) in [7, 11) is 3.91. The minimum absolute atomic E-state index is 0. The van der Waals surface area contributed by atoms with Crippen molar-refractivity contribution in [3.05, 3.63) is 85.3 Å². The largest absolute Gasteiger partial charge is 0.506 e. The monoisotopic (exact) mass is 641 g/mol. The van der Waals surface area contributed by atoms with Crippen molar-refractivity contribution in [3.8, 4) is 23.2 Å². The summed E-state index contributed by atoms with van der Waals surface area (Å²) >= 11 is 0. The summed E-state index contributed by atoms with van der Waals surface area (Å²) in [6.45, 7) is 0. The number of phenols is 1. The van der Waals surface area contributed by atoms with Gasteiger partial charge in [0.05, 0.1) is 6.20 Å². The number of pyridine rings is 1. The second kappa shape index (κ2) is 9.00. The van der Waals surface area contributed by atoms with E-state index in [0.29, 0.717) is 23.0 Å². The first-order valence-corrected chi connectivity index (χ1v) is 10.8. The Bertz CT molecular complexity index is 1680. The molecule has 0 saturated heterocycles. The third-order valence-electron chi connectivity index (χ3n) is 5.82. The molecular formula is C27H20N5O2Pt-. The fraction of sp³-hybridized carbons (Fsp3) is 0.0741. The molecule has 1 N–H and O–H groups in total. The fourth-order valence-electron chi connectivity index (χ4n) is 4.31. The van der Waals surface area contributed by atoms with Crippen LogP contribution >= 0.6 is 0 Å². The van der Waals surface area contributed by atoms with Crippen LogP contribution in [0.3, 0.4) is 0 Å². The van der Waals surface area contributed by atoms with E-state index in [1.165, 1.54) is 0 Å². The van der Waals surface area contributed by atoms with E-state index in [9.17, 15) is 5.11 Å². The Morgan fingerprint density at radius 2 is 1.74 bits per heavy atom. The van der Waals surface area contributed by atoms with Gasteiger partial charge in [-0.2, -0.15) is 6.07 Å². The number of nitrogens with zero attached hydrogens (tertiary/aromatic N) is 5. The van der Waals surface area contributed by atoms with Crippen molar-refractivity contribution in [1.82, 2.24) is 19.5 Å². The van der Waals surface area contributed by atoms with Crippen LogP contribution in [0.4, 0.5) is 5.69 Å². The zero-order chi connectivity index (χ0) is 23.2. The van der Waals surface area contributed by atoms with Gasteiger partial charge in [-0.1, -0.05) is 23.7 Å². The maximum Gasteiger partial charge on any atom is 0.217 e. The summed E-state index contributed by atoms with van der Waals surface area (Å²) < 4.78 is 8.12. The van der Waals surface area contributed by atoms with Gasteiger partial charge in [0, 0.05) is 76.0 Å². The molecule has 8 heteroatoms. The molecule has 176 valence electrons. The van der Waals surface area contributed by atoms with E-state index in [0.717, 1.165) is 32.9 Å². The Labute approximate surface area is 215 Å². The molecule has 6 rings (SSSR count). The van der Waals surface area contributed by atoms with Gasteiger partial charge in [0.1, 0.15) is 11.3 Å². The van der Waals surface area contributed by atoms with E-state index in [1.54, 1.807) is 30.7 Å². The Kier molecular flexibility index (Phi) is 5.87. The van der Waals surface area contributed by atoms with Crippen LogP contribution in [0.25, 0.3) is 38.5 Å². The van der Waals surface area contributed by atoms with E-state index >= 15 is 0 Å². The zero-order valence-corrected chi connectivity index (χ0v) is 21.2. The van der Waals surface area contributed by atoms with E-state index in [4.69, 9.17) is 4.74 Å². The van der Waals surface area contributed by atoms with Crippen molar-refractivity contribution in [2.45, 2.75) is 0 Å². The number of aromatic nitrogens is 4. The average Bonchev–Trinajstić information content (AvgIpc) is 3.18. The molecule has 3 aromatic carbocycles. The Hall–Kier alpha value is -3.96. The van der Waals surface area contributed by atoms with Crippen molar-refractivity contribution in [2.24, 2.45) is 0 Å². The molecule has 0 unspecified atom stereocenters. The number of benzene rings is 3. The molecule has 7 nitrogen and oxygen atoms in total. The third-order valence-corrected chi connectivity index (χ3v) is 5.82. The number of aromatic hydroxyl groups is 1. The van der Waals surface area contributed by atoms with Crippen LogP contribution in [0.15, 0.2) is 79.3 Å². The summed E-state index contributed by atoms with van der Waals surface area (Å²) in [6, 6.07) is 22.6. The minimum atomic E-state index is 0. The summed E-state index contributed by atoms with van der Waals surface area (Å²) in [6.07, 6.45) is 5.05. The molecule has 0 fully saturated rings. The molecule has 35 heavy (non-hydrogen) atoms. The Morgan fingerprint density at radius 3 is 2.54 bits per heavy atom. The molecule has 0 radical (unpaired) electrons. The van der Waals surface area contributed by atoms with Crippen molar-refractivity contribution in [3.63, 3.8) is 0 Å². The number of anilines is 1. The Balaban J connectivity index is 0.00000253. The summed E-state index contributed by atoms with van der Waals surface area (Å²) in [5.74, 6) is 1.69. The molecule has 6 aromatic rings. The molecule has 0 atom stereocenters. The number of hydrogen-bond donors (Lipinski definition) is 1. The first-order valence-electron chi connectivity index (χ1n) is 10.8. The molecule has 0 aliphatic rings. The molecule has 0 aliphatic carbocycles. The van der Waals surface area contributed by atoms with E-state index in [1.807, 2.05) is 66.0 Å². The molecule has 3 heterocycles. The number of ether oxygens (including phenoxy) is 1. The number of fused-ring (bicyclic) bond motifs is 4. The predicted octanol–water partition coefficient (Wildman–Crippen LogP) is 5.48. The number of para-hydroxylation sites is 1. The predicted molar refractivity (Wildman–Crippen MR) is 133 cm³/mol. The Morgan fingerprint density at radius 1 is 0.914 bits per heavy atom. The van der Waals surface area contributed by atoms with Crippen LogP contribution in [0.1, 0.15) is 0 Å². The molecule has 0 spiro atoms. The normalized spacial score (nSPS) is 11.0. The maximum absolute atomic E-state index is 10.4. The second-order valence-electron chi connectivity index (χ2n) is 8.15. The molecule has 0 aliphatic heterocycles.